The molecule has 0 spiro atoms. The molecule has 0 saturated carbocycles. The van der Waals surface area contributed by atoms with E-state index in [0.29, 0.717) is 6.04 Å². The summed E-state index contributed by atoms with van der Waals surface area (Å²) >= 11 is 5.46. The number of imidazole rings is 1. The molecule has 0 radical (unpaired) electrons. The maximum Gasteiger partial charge on any atom is 0.179 e. The Morgan fingerprint density at radius 3 is 2.80 bits per heavy atom. The second-order valence-corrected chi connectivity index (χ2v) is 6.20. The molecular formula is C15H22N4S. The summed E-state index contributed by atoms with van der Waals surface area (Å²) in [6.07, 6.45) is 4.01. The summed E-state index contributed by atoms with van der Waals surface area (Å²) < 4.78 is 2.93. The number of aryl methyl sites for hydroxylation is 1. The number of nitrogens with one attached hydrogen (secondary N) is 1. The monoisotopic (exact) mass is 290 g/mol. The number of piperidine rings is 1. The molecular weight excluding hydrogens is 268 g/mol. The fourth-order valence-corrected chi connectivity index (χ4v) is 3.30. The third kappa shape index (κ3) is 2.65. The quantitative estimate of drug-likeness (QED) is 0.881. The van der Waals surface area contributed by atoms with Crippen LogP contribution in [-0.2, 0) is 6.54 Å². The first-order valence-corrected chi connectivity index (χ1v) is 7.86. The Morgan fingerprint density at radius 2 is 2.05 bits per heavy atom. The van der Waals surface area contributed by atoms with E-state index < -0.39 is 0 Å². The van der Waals surface area contributed by atoms with Crippen LogP contribution < -0.4 is 0 Å². The molecule has 5 heteroatoms. The SMILES string of the molecule is Cc1ccc2[nH]c(=S)n(CC(C)N3CCCCC3)c2n1. The molecule has 0 amide bonds. The molecule has 1 N–H and O–H groups in total. The molecule has 1 saturated heterocycles. The van der Waals surface area contributed by atoms with Crippen molar-refractivity contribution in [1.29, 1.82) is 0 Å². The second-order valence-electron chi connectivity index (χ2n) is 5.81. The third-order valence-corrected chi connectivity index (χ3v) is 4.54. The van der Waals surface area contributed by atoms with Crippen LogP contribution in [0.5, 0.6) is 0 Å². The first-order chi connectivity index (χ1) is 9.65. The fraction of sp³-hybridized carbons (Fsp3) is 0.600. The van der Waals surface area contributed by atoms with Crippen LogP contribution in [0.15, 0.2) is 12.1 Å². The highest BCUT2D eigenvalue weighted by Gasteiger charge is 2.18. The van der Waals surface area contributed by atoms with Gasteiger partial charge in [0.2, 0.25) is 0 Å². The molecule has 0 aliphatic carbocycles. The lowest BCUT2D eigenvalue weighted by Crippen LogP contribution is -2.39. The van der Waals surface area contributed by atoms with Crippen molar-refractivity contribution in [2.24, 2.45) is 0 Å². The molecule has 3 rings (SSSR count). The molecule has 3 heterocycles. The zero-order valence-corrected chi connectivity index (χ0v) is 13.0. The van der Waals surface area contributed by atoms with Crippen molar-refractivity contribution in [2.45, 2.75) is 45.7 Å². The van der Waals surface area contributed by atoms with Gasteiger partial charge in [0.25, 0.3) is 0 Å². The van der Waals surface area contributed by atoms with Gasteiger partial charge in [0.15, 0.2) is 10.4 Å². The highest BCUT2D eigenvalue weighted by Crippen LogP contribution is 2.17. The second kappa shape index (κ2) is 5.66. The van der Waals surface area contributed by atoms with E-state index >= 15 is 0 Å². The van der Waals surface area contributed by atoms with Crippen molar-refractivity contribution in [1.82, 2.24) is 19.4 Å². The lowest BCUT2D eigenvalue weighted by molar-refractivity contribution is 0.160. The van der Waals surface area contributed by atoms with Gasteiger partial charge in [0.05, 0.1) is 5.52 Å². The minimum absolute atomic E-state index is 0.503. The van der Waals surface area contributed by atoms with Crippen molar-refractivity contribution >= 4 is 23.4 Å². The van der Waals surface area contributed by atoms with E-state index in [2.05, 4.69) is 32.4 Å². The van der Waals surface area contributed by atoms with Crippen molar-refractivity contribution in [3.63, 3.8) is 0 Å². The molecule has 1 unspecified atom stereocenters. The summed E-state index contributed by atoms with van der Waals surface area (Å²) in [5, 5.41) is 0. The Balaban J connectivity index is 1.88. The number of pyridine rings is 1. The van der Waals surface area contributed by atoms with E-state index in [-0.39, 0.29) is 0 Å². The maximum absolute atomic E-state index is 5.46. The molecule has 1 atom stereocenters. The standard InChI is InChI=1S/C15H22N4S/c1-11-6-7-13-14(16-11)19(15(20)17-13)10-12(2)18-8-4-3-5-9-18/h6-7,12H,3-5,8-10H2,1-2H3,(H,17,20). The molecule has 1 fully saturated rings. The predicted octanol–water partition coefficient (Wildman–Crippen LogP) is 3.28. The number of fused-ring (bicyclic) bond motifs is 1. The number of nitrogens with zero attached hydrogens (tertiary/aromatic N) is 3. The van der Waals surface area contributed by atoms with Crippen LogP contribution in [0, 0.1) is 11.7 Å². The molecule has 2 aromatic rings. The Labute approximate surface area is 124 Å². The van der Waals surface area contributed by atoms with Gasteiger partial charge in [-0.2, -0.15) is 0 Å². The van der Waals surface area contributed by atoms with Crippen molar-refractivity contribution in [3.8, 4) is 0 Å². The van der Waals surface area contributed by atoms with E-state index in [0.717, 1.165) is 28.2 Å². The van der Waals surface area contributed by atoms with Gasteiger partial charge in [-0.15, -0.1) is 0 Å². The van der Waals surface area contributed by atoms with Crippen LogP contribution in [0.25, 0.3) is 11.2 Å². The van der Waals surface area contributed by atoms with Crippen LogP contribution in [-0.4, -0.2) is 38.6 Å². The van der Waals surface area contributed by atoms with Gasteiger partial charge in [-0.25, -0.2) is 4.98 Å². The zero-order chi connectivity index (χ0) is 14.1. The van der Waals surface area contributed by atoms with E-state index in [1.54, 1.807) is 0 Å². The van der Waals surface area contributed by atoms with Crippen molar-refractivity contribution < 1.29 is 0 Å². The summed E-state index contributed by atoms with van der Waals surface area (Å²) in [7, 11) is 0. The maximum atomic E-state index is 5.46. The van der Waals surface area contributed by atoms with Gasteiger partial charge < -0.3 is 4.98 Å². The summed E-state index contributed by atoms with van der Waals surface area (Å²) in [4.78, 5) is 10.5. The normalized spacial score (nSPS) is 18.5. The van der Waals surface area contributed by atoms with Gasteiger partial charge in [-0.1, -0.05) is 6.42 Å². The average Bonchev–Trinajstić information content (AvgIpc) is 2.76. The van der Waals surface area contributed by atoms with E-state index in [1.807, 2.05) is 13.0 Å². The molecule has 20 heavy (non-hydrogen) atoms. The number of aromatic nitrogens is 3. The molecule has 108 valence electrons. The molecule has 1 aliphatic heterocycles. The van der Waals surface area contributed by atoms with Crippen molar-refractivity contribution in [2.75, 3.05) is 13.1 Å². The Kier molecular flexibility index (Phi) is 3.89. The number of likely N-dealkylation sites (tertiary alicyclic amines) is 1. The summed E-state index contributed by atoms with van der Waals surface area (Å²) in [6, 6.07) is 4.59. The number of hydrogen-bond acceptors (Lipinski definition) is 3. The Bertz CT molecular complexity index is 651. The van der Waals surface area contributed by atoms with Crippen molar-refractivity contribution in [3.05, 3.63) is 22.6 Å². The van der Waals surface area contributed by atoms with Crippen LogP contribution in [0.4, 0.5) is 0 Å². The smallest absolute Gasteiger partial charge is 0.179 e. The zero-order valence-electron chi connectivity index (χ0n) is 12.2. The minimum Gasteiger partial charge on any atom is -0.329 e. The molecule has 1 aliphatic rings. The van der Waals surface area contributed by atoms with E-state index in [9.17, 15) is 0 Å². The Morgan fingerprint density at radius 1 is 1.30 bits per heavy atom. The van der Waals surface area contributed by atoms with Gasteiger partial charge in [-0.05, 0) is 64.1 Å². The molecule has 4 nitrogen and oxygen atoms in total. The van der Waals surface area contributed by atoms with Crippen LogP contribution in [0.3, 0.4) is 0 Å². The van der Waals surface area contributed by atoms with E-state index in [1.165, 1.54) is 32.4 Å². The number of rotatable bonds is 3. The third-order valence-electron chi connectivity index (χ3n) is 4.22. The fourth-order valence-electron chi connectivity index (χ4n) is 3.03. The summed E-state index contributed by atoms with van der Waals surface area (Å²) in [5.74, 6) is 0. The van der Waals surface area contributed by atoms with Crippen LogP contribution in [0.2, 0.25) is 0 Å². The van der Waals surface area contributed by atoms with E-state index in [4.69, 9.17) is 12.2 Å². The van der Waals surface area contributed by atoms with Gasteiger partial charge >= 0.3 is 0 Å². The minimum atomic E-state index is 0.503. The largest absolute Gasteiger partial charge is 0.329 e. The lowest BCUT2D eigenvalue weighted by Gasteiger charge is -2.32. The van der Waals surface area contributed by atoms with Gasteiger partial charge in [0, 0.05) is 18.3 Å². The average molecular weight is 290 g/mol. The lowest BCUT2D eigenvalue weighted by atomic mass is 10.1. The Hall–Kier alpha value is -1.20. The van der Waals surface area contributed by atoms with Gasteiger partial charge in [0.1, 0.15) is 0 Å². The first kappa shape index (κ1) is 13.8. The topological polar surface area (TPSA) is 36.9 Å². The number of H-pyrrole nitrogens is 1. The molecule has 2 aromatic heterocycles. The number of hydrogen-bond donors (Lipinski definition) is 1. The van der Waals surface area contributed by atoms with Gasteiger partial charge in [-0.3, -0.25) is 9.47 Å². The summed E-state index contributed by atoms with van der Waals surface area (Å²) in [5.41, 5.74) is 3.05. The molecule has 0 aromatic carbocycles. The first-order valence-electron chi connectivity index (χ1n) is 7.45. The number of aromatic amines is 1. The highest BCUT2D eigenvalue weighted by atomic mass is 32.1. The predicted molar refractivity (Wildman–Crippen MR) is 84.5 cm³/mol. The summed E-state index contributed by atoms with van der Waals surface area (Å²) in [6.45, 7) is 7.65. The highest BCUT2D eigenvalue weighted by molar-refractivity contribution is 7.71. The van der Waals surface area contributed by atoms with Crippen LogP contribution >= 0.6 is 12.2 Å². The molecule has 0 bridgehead atoms. The van der Waals surface area contributed by atoms with Crippen LogP contribution in [0.1, 0.15) is 31.9 Å².